The summed E-state index contributed by atoms with van der Waals surface area (Å²) in [6.07, 6.45) is 0.211. The molecule has 5 heteroatoms. The van der Waals surface area contributed by atoms with Crippen molar-refractivity contribution >= 4 is 11.8 Å². The van der Waals surface area contributed by atoms with E-state index in [1.54, 1.807) is 4.90 Å². The molecule has 3 N–H and O–H groups in total. The number of hydrogen-bond donors (Lipinski definition) is 2. The second kappa shape index (κ2) is 6.59. The average molecular weight is 243 g/mol. The molecule has 0 saturated heterocycles. The minimum Gasteiger partial charge on any atom is -0.370 e. The van der Waals surface area contributed by atoms with Gasteiger partial charge in [0.25, 0.3) is 0 Å². The van der Waals surface area contributed by atoms with Crippen LogP contribution in [-0.2, 0) is 9.59 Å². The van der Waals surface area contributed by atoms with E-state index in [4.69, 9.17) is 5.73 Å². The smallest absolute Gasteiger partial charge is 0.239 e. The molecule has 1 atom stereocenters. The van der Waals surface area contributed by atoms with E-state index < -0.39 is 5.54 Å². The Morgan fingerprint density at radius 3 is 2.12 bits per heavy atom. The Hall–Kier alpha value is -1.10. The second-order valence-corrected chi connectivity index (χ2v) is 4.90. The lowest BCUT2D eigenvalue weighted by molar-refractivity contribution is -0.133. The molecular formula is C12H25N3O2. The van der Waals surface area contributed by atoms with Gasteiger partial charge in [-0.15, -0.1) is 0 Å². The molecule has 0 aromatic heterocycles. The SMILES string of the molecule is CCN(CC)C(=O)C(C)NC(C)(C)CC(N)=O. The van der Waals surface area contributed by atoms with Gasteiger partial charge in [0.1, 0.15) is 0 Å². The molecule has 2 amide bonds. The fourth-order valence-corrected chi connectivity index (χ4v) is 1.94. The first-order chi connectivity index (χ1) is 7.73. The number of hydrogen-bond acceptors (Lipinski definition) is 3. The van der Waals surface area contributed by atoms with Crippen LogP contribution in [-0.4, -0.2) is 41.4 Å². The Balaban J connectivity index is 4.47. The largest absolute Gasteiger partial charge is 0.370 e. The van der Waals surface area contributed by atoms with Crippen molar-refractivity contribution in [2.24, 2.45) is 5.73 Å². The number of nitrogens with zero attached hydrogens (tertiary/aromatic N) is 1. The molecule has 0 aliphatic heterocycles. The number of nitrogens with one attached hydrogen (secondary N) is 1. The van der Waals surface area contributed by atoms with Crippen LogP contribution in [0.25, 0.3) is 0 Å². The van der Waals surface area contributed by atoms with Gasteiger partial charge in [0, 0.05) is 25.0 Å². The van der Waals surface area contributed by atoms with Gasteiger partial charge in [-0.05, 0) is 34.6 Å². The van der Waals surface area contributed by atoms with Gasteiger partial charge in [-0.3, -0.25) is 9.59 Å². The highest BCUT2D eigenvalue weighted by molar-refractivity contribution is 5.81. The van der Waals surface area contributed by atoms with E-state index in [0.29, 0.717) is 13.1 Å². The number of primary amides is 1. The van der Waals surface area contributed by atoms with Crippen LogP contribution in [0.4, 0.5) is 0 Å². The van der Waals surface area contributed by atoms with E-state index in [2.05, 4.69) is 5.32 Å². The van der Waals surface area contributed by atoms with Crippen LogP contribution in [0.3, 0.4) is 0 Å². The van der Waals surface area contributed by atoms with Gasteiger partial charge >= 0.3 is 0 Å². The van der Waals surface area contributed by atoms with Gasteiger partial charge in [-0.25, -0.2) is 0 Å². The van der Waals surface area contributed by atoms with Crippen LogP contribution in [0, 0.1) is 0 Å². The van der Waals surface area contributed by atoms with Gasteiger partial charge in [0.05, 0.1) is 6.04 Å². The van der Waals surface area contributed by atoms with Crippen molar-refractivity contribution in [2.75, 3.05) is 13.1 Å². The summed E-state index contributed by atoms with van der Waals surface area (Å²) in [5, 5.41) is 3.14. The summed E-state index contributed by atoms with van der Waals surface area (Å²) in [5.41, 5.74) is 4.70. The predicted octanol–water partition coefficient (Wildman–Crippen LogP) is 0.487. The summed E-state index contributed by atoms with van der Waals surface area (Å²) < 4.78 is 0. The summed E-state index contributed by atoms with van der Waals surface area (Å²) in [7, 11) is 0. The zero-order valence-corrected chi connectivity index (χ0v) is 11.5. The topological polar surface area (TPSA) is 75.4 Å². The number of nitrogens with two attached hydrogens (primary N) is 1. The molecule has 0 heterocycles. The van der Waals surface area contributed by atoms with Crippen molar-refractivity contribution in [3.63, 3.8) is 0 Å². The lowest BCUT2D eigenvalue weighted by atomic mass is 9.99. The Labute approximate surface area is 104 Å². The zero-order chi connectivity index (χ0) is 13.6. The number of carbonyl (C=O) groups is 2. The predicted molar refractivity (Wildman–Crippen MR) is 68.4 cm³/mol. The van der Waals surface area contributed by atoms with Crippen LogP contribution in [0.2, 0.25) is 0 Å². The third kappa shape index (κ3) is 5.68. The monoisotopic (exact) mass is 243 g/mol. The third-order valence-electron chi connectivity index (χ3n) is 2.67. The van der Waals surface area contributed by atoms with Gasteiger partial charge in [0.15, 0.2) is 0 Å². The molecule has 0 aliphatic carbocycles. The van der Waals surface area contributed by atoms with Gasteiger partial charge < -0.3 is 16.0 Å². The molecule has 5 nitrogen and oxygen atoms in total. The highest BCUT2D eigenvalue weighted by Crippen LogP contribution is 2.10. The molecule has 0 radical (unpaired) electrons. The van der Waals surface area contributed by atoms with Crippen molar-refractivity contribution in [1.29, 1.82) is 0 Å². The third-order valence-corrected chi connectivity index (χ3v) is 2.67. The summed E-state index contributed by atoms with van der Waals surface area (Å²) in [5.74, 6) is -0.322. The van der Waals surface area contributed by atoms with E-state index in [1.165, 1.54) is 0 Å². The average Bonchev–Trinajstić information content (AvgIpc) is 2.16. The standard InChI is InChI=1S/C12H25N3O2/c1-6-15(7-2)11(17)9(3)14-12(4,5)8-10(13)16/h9,14H,6-8H2,1-5H3,(H2,13,16). The maximum absolute atomic E-state index is 12.0. The minimum absolute atomic E-state index is 0.0487. The normalized spacial score (nSPS) is 13.2. The van der Waals surface area contributed by atoms with Gasteiger partial charge in [-0.1, -0.05) is 0 Å². The van der Waals surface area contributed by atoms with Crippen LogP contribution < -0.4 is 11.1 Å². The first-order valence-electron chi connectivity index (χ1n) is 6.08. The number of carbonyl (C=O) groups excluding carboxylic acids is 2. The van der Waals surface area contributed by atoms with E-state index in [0.717, 1.165) is 0 Å². The molecule has 0 aromatic rings. The minimum atomic E-state index is -0.464. The molecule has 100 valence electrons. The molecular weight excluding hydrogens is 218 g/mol. The first kappa shape index (κ1) is 15.9. The quantitative estimate of drug-likeness (QED) is 0.683. The van der Waals surface area contributed by atoms with Crippen molar-refractivity contribution < 1.29 is 9.59 Å². The summed E-state index contributed by atoms with van der Waals surface area (Å²) in [4.78, 5) is 24.7. The Morgan fingerprint density at radius 1 is 1.29 bits per heavy atom. The number of likely N-dealkylation sites (N-methyl/N-ethyl adjacent to an activating group) is 1. The molecule has 17 heavy (non-hydrogen) atoms. The number of amides is 2. The van der Waals surface area contributed by atoms with Crippen LogP contribution in [0.15, 0.2) is 0 Å². The summed E-state index contributed by atoms with van der Waals surface area (Å²) in [6, 6.07) is -0.316. The van der Waals surface area contributed by atoms with E-state index >= 15 is 0 Å². The van der Waals surface area contributed by atoms with E-state index in [-0.39, 0.29) is 24.3 Å². The summed E-state index contributed by atoms with van der Waals surface area (Å²) >= 11 is 0. The van der Waals surface area contributed by atoms with Crippen molar-refractivity contribution in [3.05, 3.63) is 0 Å². The molecule has 0 aromatic carbocycles. The van der Waals surface area contributed by atoms with Gasteiger partial charge in [-0.2, -0.15) is 0 Å². The summed E-state index contributed by atoms with van der Waals surface area (Å²) in [6.45, 7) is 10.8. The van der Waals surface area contributed by atoms with Crippen molar-refractivity contribution in [1.82, 2.24) is 10.2 Å². The second-order valence-electron chi connectivity index (χ2n) is 4.90. The Morgan fingerprint density at radius 2 is 1.76 bits per heavy atom. The number of rotatable bonds is 7. The first-order valence-corrected chi connectivity index (χ1v) is 6.08. The zero-order valence-electron chi connectivity index (χ0n) is 11.5. The molecule has 0 rings (SSSR count). The van der Waals surface area contributed by atoms with E-state index in [1.807, 2.05) is 34.6 Å². The molecule has 0 spiro atoms. The van der Waals surface area contributed by atoms with Crippen molar-refractivity contribution in [3.8, 4) is 0 Å². The fraction of sp³-hybridized carbons (Fsp3) is 0.833. The Bertz CT molecular complexity index is 273. The van der Waals surface area contributed by atoms with Crippen molar-refractivity contribution in [2.45, 2.75) is 52.6 Å². The lowest BCUT2D eigenvalue weighted by Crippen LogP contribution is -2.53. The highest BCUT2D eigenvalue weighted by atomic mass is 16.2. The van der Waals surface area contributed by atoms with Crippen LogP contribution in [0.1, 0.15) is 41.0 Å². The maximum Gasteiger partial charge on any atom is 0.239 e. The molecule has 0 saturated carbocycles. The van der Waals surface area contributed by atoms with Crippen LogP contribution in [0.5, 0.6) is 0 Å². The molecule has 0 bridgehead atoms. The molecule has 0 aliphatic rings. The van der Waals surface area contributed by atoms with E-state index in [9.17, 15) is 9.59 Å². The molecule has 0 fully saturated rings. The fourth-order valence-electron chi connectivity index (χ4n) is 1.94. The van der Waals surface area contributed by atoms with Crippen LogP contribution >= 0.6 is 0 Å². The highest BCUT2D eigenvalue weighted by Gasteiger charge is 2.27. The lowest BCUT2D eigenvalue weighted by Gasteiger charge is -2.31. The Kier molecular flexibility index (Phi) is 6.16. The molecule has 1 unspecified atom stereocenters. The van der Waals surface area contributed by atoms with Gasteiger partial charge in [0.2, 0.25) is 11.8 Å². The maximum atomic E-state index is 12.0.